The number of cyclic esters (lactones) is 1. The van der Waals surface area contributed by atoms with Crippen molar-refractivity contribution in [1.82, 2.24) is 0 Å². The summed E-state index contributed by atoms with van der Waals surface area (Å²) in [6.07, 6.45) is 26.7. The fraction of sp³-hybridized carbons (Fsp3) is 0.929. The van der Waals surface area contributed by atoms with Crippen LogP contribution in [0.4, 0.5) is 0 Å². The minimum absolute atomic E-state index is 0.0564. The first-order valence-electron chi connectivity index (χ1n) is 13.9. The molecule has 0 unspecified atom stereocenters. The Morgan fingerprint density at radius 2 is 1.22 bits per heavy atom. The molecule has 1 heterocycles. The molecule has 0 amide bonds. The molecule has 4 heteroatoms. The Kier molecular flexibility index (Phi) is 18.6. The fourth-order valence-corrected chi connectivity index (χ4v) is 4.82. The minimum atomic E-state index is -0.105. The summed E-state index contributed by atoms with van der Waals surface area (Å²) >= 11 is 0. The number of rotatable bonds is 22. The van der Waals surface area contributed by atoms with Gasteiger partial charge in [0.1, 0.15) is 6.10 Å². The van der Waals surface area contributed by atoms with Crippen LogP contribution in [0, 0.1) is 5.92 Å². The minimum Gasteiger partial charge on any atom is -0.469 e. The van der Waals surface area contributed by atoms with Gasteiger partial charge in [0.25, 0.3) is 0 Å². The Bertz CT molecular complexity index is 462. The number of unbranched alkanes of at least 4 members (excludes halogenated alkanes) is 16. The molecule has 1 aliphatic heterocycles. The Morgan fingerprint density at radius 3 is 1.75 bits per heavy atom. The van der Waals surface area contributed by atoms with Crippen LogP contribution in [0.1, 0.15) is 148 Å². The Balaban J connectivity index is 1.88. The Morgan fingerprint density at radius 1 is 0.750 bits per heavy atom. The first kappa shape index (κ1) is 29.0. The van der Waals surface area contributed by atoms with Crippen LogP contribution in [0.15, 0.2) is 0 Å². The molecule has 0 saturated carbocycles. The Hall–Kier alpha value is -1.06. The van der Waals surface area contributed by atoms with E-state index >= 15 is 0 Å². The van der Waals surface area contributed by atoms with Crippen molar-refractivity contribution in [3.8, 4) is 0 Å². The van der Waals surface area contributed by atoms with Crippen LogP contribution in [-0.2, 0) is 19.1 Å². The maximum Gasteiger partial charge on any atom is 0.309 e. The maximum absolute atomic E-state index is 12.1. The fourth-order valence-electron chi connectivity index (χ4n) is 4.82. The van der Waals surface area contributed by atoms with Gasteiger partial charge in [-0.25, -0.2) is 0 Å². The number of methoxy groups -OCH3 is 1. The van der Waals surface area contributed by atoms with Gasteiger partial charge in [-0.2, -0.15) is 0 Å². The lowest BCUT2D eigenvalue weighted by atomic mass is 9.95. The maximum atomic E-state index is 12.1. The molecule has 4 nitrogen and oxygen atoms in total. The van der Waals surface area contributed by atoms with Crippen molar-refractivity contribution in [2.75, 3.05) is 7.11 Å². The standard InChI is InChI=1S/C28H52O4/c1-3-4-5-6-7-8-9-10-11-12-15-18-21-25-24-26(32-28(25)30)22-19-16-13-14-17-20-23-27(29)31-2/h25-26H,3-24H2,1-2H3/t25-,26-/m0/s1. The van der Waals surface area contributed by atoms with E-state index in [0.29, 0.717) is 6.42 Å². The van der Waals surface area contributed by atoms with E-state index in [4.69, 9.17) is 4.74 Å². The van der Waals surface area contributed by atoms with Crippen LogP contribution in [0.3, 0.4) is 0 Å². The summed E-state index contributed by atoms with van der Waals surface area (Å²) in [7, 11) is 1.45. The molecule has 0 aromatic carbocycles. The molecular weight excluding hydrogens is 400 g/mol. The predicted octanol–water partition coefficient (Wildman–Crippen LogP) is 8.30. The average molecular weight is 453 g/mol. The zero-order valence-electron chi connectivity index (χ0n) is 21.3. The smallest absolute Gasteiger partial charge is 0.309 e. The molecule has 0 aromatic rings. The van der Waals surface area contributed by atoms with Crippen molar-refractivity contribution in [3.63, 3.8) is 0 Å². The van der Waals surface area contributed by atoms with Crippen molar-refractivity contribution in [2.24, 2.45) is 5.92 Å². The van der Waals surface area contributed by atoms with Crippen molar-refractivity contribution in [2.45, 2.75) is 154 Å². The molecule has 0 spiro atoms. The highest BCUT2D eigenvalue weighted by Crippen LogP contribution is 2.29. The SMILES string of the molecule is CCCCCCCCCCCCCC[C@H]1C[C@H](CCCCCCCCC(=O)OC)OC1=O. The number of carbonyl (C=O) groups is 2. The molecule has 0 radical (unpaired) electrons. The molecule has 2 atom stereocenters. The molecule has 0 aromatic heterocycles. The largest absolute Gasteiger partial charge is 0.469 e. The van der Waals surface area contributed by atoms with Gasteiger partial charge < -0.3 is 9.47 Å². The third-order valence-electron chi connectivity index (χ3n) is 6.95. The summed E-state index contributed by atoms with van der Waals surface area (Å²) in [6, 6.07) is 0. The highest BCUT2D eigenvalue weighted by molar-refractivity contribution is 5.74. The first-order chi connectivity index (χ1) is 15.7. The highest BCUT2D eigenvalue weighted by Gasteiger charge is 2.33. The number of esters is 2. The van der Waals surface area contributed by atoms with E-state index < -0.39 is 0 Å². The molecule has 188 valence electrons. The predicted molar refractivity (Wildman–Crippen MR) is 133 cm³/mol. The summed E-state index contributed by atoms with van der Waals surface area (Å²) in [5.41, 5.74) is 0. The molecule has 0 aliphatic carbocycles. The van der Waals surface area contributed by atoms with E-state index in [9.17, 15) is 9.59 Å². The van der Waals surface area contributed by atoms with Gasteiger partial charge in [-0.05, 0) is 32.1 Å². The number of ether oxygens (including phenoxy) is 2. The second-order valence-corrected chi connectivity index (χ2v) is 9.91. The number of hydrogen-bond acceptors (Lipinski definition) is 4. The molecule has 32 heavy (non-hydrogen) atoms. The van der Waals surface area contributed by atoms with Crippen molar-refractivity contribution in [3.05, 3.63) is 0 Å². The van der Waals surface area contributed by atoms with E-state index in [1.54, 1.807) is 0 Å². The van der Waals surface area contributed by atoms with E-state index in [-0.39, 0.29) is 24.0 Å². The summed E-state index contributed by atoms with van der Waals surface area (Å²) in [5, 5.41) is 0. The summed E-state index contributed by atoms with van der Waals surface area (Å²) in [6.45, 7) is 2.27. The van der Waals surface area contributed by atoms with Gasteiger partial charge in [-0.15, -0.1) is 0 Å². The highest BCUT2D eigenvalue weighted by atomic mass is 16.6. The summed E-state index contributed by atoms with van der Waals surface area (Å²) in [5.74, 6) is 0.105. The van der Waals surface area contributed by atoms with Gasteiger partial charge in [-0.3, -0.25) is 9.59 Å². The quantitative estimate of drug-likeness (QED) is 0.122. The van der Waals surface area contributed by atoms with Gasteiger partial charge in [0.2, 0.25) is 0 Å². The summed E-state index contributed by atoms with van der Waals surface area (Å²) in [4.78, 5) is 23.2. The third-order valence-corrected chi connectivity index (χ3v) is 6.95. The second-order valence-electron chi connectivity index (χ2n) is 9.91. The van der Waals surface area contributed by atoms with Gasteiger partial charge >= 0.3 is 11.9 Å². The summed E-state index contributed by atoms with van der Waals surface area (Å²) < 4.78 is 10.3. The average Bonchev–Trinajstić information content (AvgIpc) is 3.15. The third kappa shape index (κ3) is 15.7. The lowest BCUT2D eigenvalue weighted by Crippen LogP contribution is -2.07. The lowest BCUT2D eigenvalue weighted by molar-refractivity contribution is -0.144. The molecule has 0 bridgehead atoms. The zero-order chi connectivity index (χ0) is 23.3. The van der Waals surface area contributed by atoms with E-state index in [2.05, 4.69) is 11.7 Å². The van der Waals surface area contributed by atoms with Crippen molar-refractivity contribution in [1.29, 1.82) is 0 Å². The van der Waals surface area contributed by atoms with Gasteiger partial charge in [-0.1, -0.05) is 110 Å². The van der Waals surface area contributed by atoms with E-state index in [0.717, 1.165) is 38.5 Å². The normalized spacial score (nSPS) is 18.1. The van der Waals surface area contributed by atoms with Gasteiger partial charge in [0.15, 0.2) is 0 Å². The van der Waals surface area contributed by atoms with Crippen molar-refractivity contribution < 1.29 is 19.1 Å². The van der Waals surface area contributed by atoms with Crippen LogP contribution < -0.4 is 0 Å². The van der Waals surface area contributed by atoms with E-state index in [1.807, 2.05) is 0 Å². The first-order valence-corrected chi connectivity index (χ1v) is 13.9. The molecular formula is C28H52O4. The number of carbonyl (C=O) groups excluding carboxylic acids is 2. The molecule has 1 saturated heterocycles. The van der Waals surface area contributed by atoms with Crippen LogP contribution >= 0.6 is 0 Å². The molecule has 0 N–H and O–H groups in total. The van der Waals surface area contributed by atoms with Gasteiger partial charge in [0, 0.05) is 6.42 Å². The zero-order valence-corrected chi connectivity index (χ0v) is 21.3. The lowest BCUT2D eigenvalue weighted by Gasteiger charge is -2.08. The molecule has 1 fully saturated rings. The van der Waals surface area contributed by atoms with E-state index in [1.165, 1.54) is 103 Å². The number of hydrogen-bond donors (Lipinski definition) is 0. The van der Waals surface area contributed by atoms with Crippen molar-refractivity contribution >= 4 is 11.9 Å². The van der Waals surface area contributed by atoms with Crippen LogP contribution in [0.2, 0.25) is 0 Å². The monoisotopic (exact) mass is 452 g/mol. The van der Waals surface area contributed by atoms with Crippen LogP contribution in [0.25, 0.3) is 0 Å². The Labute approximate surface area is 198 Å². The van der Waals surface area contributed by atoms with Gasteiger partial charge in [0.05, 0.1) is 13.0 Å². The van der Waals surface area contributed by atoms with Crippen LogP contribution in [0.5, 0.6) is 0 Å². The molecule has 1 rings (SSSR count). The topological polar surface area (TPSA) is 52.6 Å². The molecule has 1 aliphatic rings. The van der Waals surface area contributed by atoms with Crippen LogP contribution in [-0.4, -0.2) is 25.2 Å². The second kappa shape index (κ2) is 20.5.